The van der Waals surface area contributed by atoms with Crippen molar-refractivity contribution in [3.8, 4) is 17.2 Å². The van der Waals surface area contributed by atoms with Gasteiger partial charge in [0.25, 0.3) is 0 Å². The summed E-state index contributed by atoms with van der Waals surface area (Å²) in [5.74, 6) is -0.320. The highest BCUT2D eigenvalue weighted by Crippen LogP contribution is 2.28. The van der Waals surface area contributed by atoms with Crippen LogP contribution in [-0.4, -0.2) is 22.6 Å². The van der Waals surface area contributed by atoms with Gasteiger partial charge in [-0.3, -0.25) is 4.79 Å². The number of rotatable bonds is 4. The van der Waals surface area contributed by atoms with E-state index in [0.717, 1.165) is 6.07 Å². The summed E-state index contributed by atoms with van der Waals surface area (Å²) in [5.41, 5.74) is 0.0906. The lowest BCUT2D eigenvalue weighted by Gasteiger charge is -2.08. The van der Waals surface area contributed by atoms with Crippen LogP contribution in [-0.2, 0) is 0 Å². The maximum atomic E-state index is 11.9. The molecule has 4 nitrogen and oxygen atoms in total. The first-order valence-electron chi connectivity index (χ1n) is 5.60. The Morgan fingerprint density at radius 3 is 2.60 bits per heavy atom. The van der Waals surface area contributed by atoms with E-state index in [4.69, 9.17) is 21.4 Å². The SMILES string of the molecule is O=C(COc1ccc(Cl)cc1Br)c1ccc(O)cc1O. The summed E-state index contributed by atoms with van der Waals surface area (Å²) < 4.78 is 6.00. The van der Waals surface area contributed by atoms with Gasteiger partial charge in [-0.25, -0.2) is 0 Å². The Balaban J connectivity index is 2.08. The Hall–Kier alpha value is -1.72. The predicted molar refractivity (Wildman–Crippen MR) is 78.7 cm³/mol. The van der Waals surface area contributed by atoms with Crippen molar-refractivity contribution in [2.24, 2.45) is 0 Å². The van der Waals surface area contributed by atoms with Crippen LogP contribution in [0.15, 0.2) is 40.9 Å². The zero-order valence-electron chi connectivity index (χ0n) is 10.1. The number of carbonyl (C=O) groups excluding carboxylic acids is 1. The third-order valence-corrected chi connectivity index (χ3v) is 3.39. The Labute approximate surface area is 128 Å². The van der Waals surface area contributed by atoms with Crippen molar-refractivity contribution in [2.75, 3.05) is 6.61 Å². The quantitative estimate of drug-likeness (QED) is 0.817. The molecule has 0 aliphatic carbocycles. The number of Topliss-reactive ketones (excluding diaryl/α,β-unsaturated/α-hetero) is 1. The van der Waals surface area contributed by atoms with Crippen molar-refractivity contribution in [3.05, 3.63) is 51.5 Å². The Morgan fingerprint density at radius 2 is 1.95 bits per heavy atom. The fourth-order valence-electron chi connectivity index (χ4n) is 1.57. The minimum absolute atomic E-state index is 0.0906. The fourth-order valence-corrected chi connectivity index (χ4v) is 2.37. The largest absolute Gasteiger partial charge is 0.508 e. The van der Waals surface area contributed by atoms with E-state index in [1.807, 2.05) is 0 Å². The second-order valence-electron chi connectivity index (χ2n) is 3.99. The van der Waals surface area contributed by atoms with Crippen LogP contribution >= 0.6 is 27.5 Å². The molecule has 0 radical (unpaired) electrons. The third kappa shape index (κ3) is 3.43. The van der Waals surface area contributed by atoms with E-state index in [2.05, 4.69) is 15.9 Å². The summed E-state index contributed by atoms with van der Waals surface area (Å²) in [4.78, 5) is 11.9. The number of carbonyl (C=O) groups is 1. The molecule has 2 N–H and O–H groups in total. The number of benzene rings is 2. The van der Waals surface area contributed by atoms with Crippen LogP contribution in [0.1, 0.15) is 10.4 Å². The minimum atomic E-state index is -0.399. The number of phenolic OH excluding ortho intramolecular Hbond substituents is 2. The highest BCUT2D eigenvalue weighted by molar-refractivity contribution is 9.10. The second kappa shape index (κ2) is 6.15. The predicted octanol–water partition coefficient (Wildman–Crippen LogP) is 3.78. The molecule has 0 heterocycles. The number of phenols is 2. The lowest BCUT2D eigenvalue weighted by atomic mass is 10.1. The van der Waals surface area contributed by atoms with E-state index >= 15 is 0 Å². The fraction of sp³-hybridized carbons (Fsp3) is 0.0714. The van der Waals surface area contributed by atoms with Crippen LogP contribution in [0, 0.1) is 0 Å². The monoisotopic (exact) mass is 356 g/mol. The number of ether oxygens (including phenoxy) is 1. The van der Waals surface area contributed by atoms with Gasteiger partial charge in [-0.15, -0.1) is 0 Å². The molecule has 2 aromatic carbocycles. The molecule has 104 valence electrons. The molecule has 0 bridgehead atoms. The first kappa shape index (κ1) is 14.7. The first-order chi connectivity index (χ1) is 9.47. The molecule has 2 rings (SSSR count). The van der Waals surface area contributed by atoms with Crippen LogP contribution in [0.3, 0.4) is 0 Å². The van der Waals surface area contributed by atoms with Crippen LogP contribution in [0.2, 0.25) is 5.02 Å². The van der Waals surface area contributed by atoms with Crippen LogP contribution in [0.25, 0.3) is 0 Å². The highest BCUT2D eigenvalue weighted by atomic mass is 79.9. The Bertz CT molecular complexity index is 658. The van der Waals surface area contributed by atoms with Crippen molar-refractivity contribution < 1.29 is 19.7 Å². The Morgan fingerprint density at radius 1 is 1.20 bits per heavy atom. The van der Waals surface area contributed by atoms with Crippen molar-refractivity contribution in [1.29, 1.82) is 0 Å². The maximum Gasteiger partial charge on any atom is 0.203 e. The molecule has 0 spiro atoms. The Kier molecular flexibility index (Phi) is 4.52. The second-order valence-corrected chi connectivity index (χ2v) is 5.28. The van der Waals surface area contributed by atoms with Crippen LogP contribution in [0.5, 0.6) is 17.2 Å². The zero-order chi connectivity index (χ0) is 14.7. The first-order valence-corrected chi connectivity index (χ1v) is 6.77. The molecule has 0 aliphatic rings. The van der Waals surface area contributed by atoms with Crippen LogP contribution in [0.4, 0.5) is 0 Å². The van der Waals surface area contributed by atoms with E-state index in [1.165, 1.54) is 12.1 Å². The summed E-state index contributed by atoms with van der Waals surface area (Å²) in [7, 11) is 0. The zero-order valence-corrected chi connectivity index (χ0v) is 12.5. The molecule has 20 heavy (non-hydrogen) atoms. The summed E-state index contributed by atoms with van der Waals surface area (Å²) in [6, 6.07) is 8.70. The average molecular weight is 358 g/mol. The van der Waals surface area contributed by atoms with Gasteiger partial charge in [-0.05, 0) is 46.3 Å². The molecule has 0 saturated carbocycles. The number of ketones is 1. The van der Waals surface area contributed by atoms with Gasteiger partial charge in [0.1, 0.15) is 17.2 Å². The van der Waals surface area contributed by atoms with Gasteiger partial charge < -0.3 is 14.9 Å². The molecule has 0 aliphatic heterocycles. The van der Waals surface area contributed by atoms with E-state index in [9.17, 15) is 9.90 Å². The molecule has 0 fully saturated rings. The number of aromatic hydroxyl groups is 2. The molecular formula is C14H10BrClO4. The maximum absolute atomic E-state index is 11.9. The molecule has 0 amide bonds. The topological polar surface area (TPSA) is 66.8 Å². The standard InChI is InChI=1S/C14H10BrClO4/c15-11-5-8(16)1-4-14(11)20-7-13(19)10-3-2-9(17)6-12(10)18/h1-6,17-18H,7H2. The van der Waals surface area contributed by atoms with Crippen LogP contribution < -0.4 is 4.74 Å². The van der Waals surface area contributed by atoms with Gasteiger partial charge in [0.2, 0.25) is 5.78 Å². The number of hydrogen-bond donors (Lipinski definition) is 2. The van der Waals surface area contributed by atoms with Gasteiger partial charge in [0, 0.05) is 11.1 Å². The van der Waals surface area contributed by atoms with Gasteiger partial charge in [0.05, 0.1) is 10.0 Å². The van der Waals surface area contributed by atoms with Crippen molar-refractivity contribution in [2.45, 2.75) is 0 Å². The van der Waals surface area contributed by atoms with Crippen molar-refractivity contribution in [3.63, 3.8) is 0 Å². The molecule has 2 aromatic rings. The molecule has 0 saturated heterocycles. The summed E-state index contributed by atoms with van der Waals surface area (Å²) >= 11 is 9.08. The third-order valence-electron chi connectivity index (χ3n) is 2.53. The number of halogens is 2. The van der Waals surface area contributed by atoms with E-state index in [1.54, 1.807) is 18.2 Å². The van der Waals surface area contributed by atoms with Gasteiger partial charge in [-0.2, -0.15) is 0 Å². The highest BCUT2D eigenvalue weighted by Gasteiger charge is 2.13. The van der Waals surface area contributed by atoms with Crippen molar-refractivity contribution >= 4 is 33.3 Å². The molecule has 0 atom stereocenters. The normalized spacial score (nSPS) is 10.3. The van der Waals surface area contributed by atoms with E-state index in [-0.39, 0.29) is 23.7 Å². The lowest BCUT2D eigenvalue weighted by molar-refractivity contribution is 0.0918. The average Bonchev–Trinajstić information content (AvgIpc) is 2.37. The molecule has 0 unspecified atom stereocenters. The smallest absolute Gasteiger partial charge is 0.203 e. The van der Waals surface area contributed by atoms with E-state index < -0.39 is 5.78 Å². The van der Waals surface area contributed by atoms with Gasteiger partial charge >= 0.3 is 0 Å². The van der Waals surface area contributed by atoms with Gasteiger partial charge in [-0.1, -0.05) is 11.6 Å². The van der Waals surface area contributed by atoms with E-state index in [0.29, 0.717) is 15.2 Å². The summed E-state index contributed by atoms with van der Waals surface area (Å²) in [5, 5.41) is 19.3. The minimum Gasteiger partial charge on any atom is -0.508 e. The molecular weight excluding hydrogens is 348 g/mol. The molecule has 6 heteroatoms. The van der Waals surface area contributed by atoms with Crippen molar-refractivity contribution in [1.82, 2.24) is 0 Å². The summed E-state index contributed by atoms with van der Waals surface area (Å²) in [6.45, 7) is -0.238. The molecule has 0 aromatic heterocycles. The van der Waals surface area contributed by atoms with Gasteiger partial charge in [0.15, 0.2) is 6.61 Å². The lowest BCUT2D eigenvalue weighted by Crippen LogP contribution is -2.12. The summed E-state index contributed by atoms with van der Waals surface area (Å²) in [6.07, 6.45) is 0. The number of hydrogen-bond acceptors (Lipinski definition) is 4.